The van der Waals surface area contributed by atoms with Gasteiger partial charge in [-0.1, -0.05) is 31.0 Å². The van der Waals surface area contributed by atoms with Gasteiger partial charge in [-0.3, -0.25) is 4.79 Å². The second kappa shape index (κ2) is 11.5. The summed E-state index contributed by atoms with van der Waals surface area (Å²) < 4.78 is 34.7. The Labute approximate surface area is 201 Å². The van der Waals surface area contributed by atoms with E-state index in [1.165, 1.54) is 22.5 Å². The lowest BCUT2D eigenvalue weighted by Crippen LogP contribution is -2.38. The molecule has 1 amide bonds. The summed E-state index contributed by atoms with van der Waals surface area (Å²) in [5.41, 5.74) is 2.56. The number of nitrogens with one attached hydrogen (secondary N) is 1. The number of methoxy groups -OCH3 is 1. The van der Waals surface area contributed by atoms with Gasteiger partial charge < -0.3 is 14.6 Å². The predicted molar refractivity (Wildman–Crippen MR) is 131 cm³/mol. The summed E-state index contributed by atoms with van der Waals surface area (Å²) >= 11 is 1.37. The highest BCUT2D eigenvalue weighted by atomic mass is 32.2. The number of amides is 1. The fraction of sp³-hybridized carbons (Fsp3) is 0.565. The molecule has 2 aromatic rings. The molecule has 0 aliphatic heterocycles. The molecule has 10 heteroatoms. The normalized spacial score (nSPS) is 15.2. The number of carbonyl (C=O) groups is 1. The van der Waals surface area contributed by atoms with Crippen molar-refractivity contribution in [3.8, 4) is 0 Å². The highest BCUT2D eigenvalue weighted by Crippen LogP contribution is 2.27. The van der Waals surface area contributed by atoms with Crippen molar-refractivity contribution in [2.75, 3.05) is 31.8 Å². The summed E-state index contributed by atoms with van der Waals surface area (Å²) in [6.45, 7) is 5.20. The van der Waals surface area contributed by atoms with Crippen LogP contribution in [-0.2, 0) is 26.1 Å². The van der Waals surface area contributed by atoms with Crippen molar-refractivity contribution in [2.45, 2.75) is 68.6 Å². The second-order valence-electron chi connectivity index (χ2n) is 8.38. The summed E-state index contributed by atoms with van der Waals surface area (Å²) in [6.07, 6.45) is 5.12. The number of benzene rings is 1. The number of carbonyl (C=O) groups excluding carboxylic acids is 1. The van der Waals surface area contributed by atoms with E-state index >= 15 is 0 Å². The Kier molecular flexibility index (Phi) is 8.97. The van der Waals surface area contributed by atoms with E-state index < -0.39 is 10.0 Å². The smallest absolute Gasteiger partial charge is 0.243 e. The topological polar surface area (TPSA) is 93.5 Å². The van der Waals surface area contributed by atoms with E-state index in [1.54, 1.807) is 38.4 Å². The third-order valence-electron chi connectivity index (χ3n) is 6.18. The van der Waals surface area contributed by atoms with Crippen LogP contribution in [0.2, 0.25) is 0 Å². The van der Waals surface area contributed by atoms with Crippen LogP contribution in [0.3, 0.4) is 0 Å². The lowest BCUT2D eigenvalue weighted by atomic mass is 9.96. The van der Waals surface area contributed by atoms with E-state index in [2.05, 4.69) is 14.9 Å². The lowest BCUT2D eigenvalue weighted by Gasteiger charge is -2.30. The van der Waals surface area contributed by atoms with Gasteiger partial charge in [0.15, 0.2) is 5.16 Å². The summed E-state index contributed by atoms with van der Waals surface area (Å²) in [6, 6.07) is 6.45. The summed E-state index contributed by atoms with van der Waals surface area (Å²) in [5, 5.41) is 3.62. The average molecular weight is 495 g/mol. The molecule has 0 bridgehead atoms. The van der Waals surface area contributed by atoms with E-state index in [9.17, 15) is 13.2 Å². The number of ether oxygens (including phenoxy) is 1. The number of imidazole rings is 1. The van der Waals surface area contributed by atoms with Crippen molar-refractivity contribution >= 4 is 33.4 Å². The fourth-order valence-electron chi connectivity index (χ4n) is 4.02. The molecule has 1 aromatic heterocycles. The Morgan fingerprint density at radius 2 is 1.88 bits per heavy atom. The van der Waals surface area contributed by atoms with Crippen LogP contribution in [0.15, 0.2) is 34.3 Å². The van der Waals surface area contributed by atoms with Crippen molar-refractivity contribution in [3.63, 3.8) is 0 Å². The number of nitrogens with zero attached hydrogens (tertiary/aromatic N) is 3. The maximum absolute atomic E-state index is 13.0. The van der Waals surface area contributed by atoms with E-state index in [0.29, 0.717) is 18.8 Å². The van der Waals surface area contributed by atoms with Crippen LogP contribution in [0, 0.1) is 13.8 Å². The number of hydrogen-bond donors (Lipinski definition) is 1. The Morgan fingerprint density at radius 3 is 2.52 bits per heavy atom. The average Bonchev–Trinajstić information content (AvgIpc) is 3.09. The first kappa shape index (κ1) is 25.7. The minimum absolute atomic E-state index is 0.0591. The quantitative estimate of drug-likeness (QED) is 0.505. The van der Waals surface area contributed by atoms with Crippen LogP contribution in [0.25, 0.3) is 0 Å². The highest BCUT2D eigenvalue weighted by Gasteiger charge is 2.29. The van der Waals surface area contributed by atoms with Gasteiger partial charge in [0.1, 0.15) is 0 Å². The van der Waals surface area contributed by atoms with Crippen molar-refractivity contribution in [3.05, 3.63) is 35.7 Å². The zero-order valence-electron chi connectivity index (χ0n) is 19.8. The molecule has 8 nitrogen and oxygen atoms in total. The van der Waals surface area contributed by atoms with Crippen LogP contribution in [0.1, 0.15) is 43.5 Å². The van der Waals surface area contributed by atoms with Crippen LogP contribution < -0.4 is 5.32 Å². The van der Waals surface area contributed by atoms with Crippen LogP contribution in [-0.4, -0.2) is 60.7 Å². The van der Waals surface area contributed by atoms with E-state index in [-0.39, 0.29) is 22.6 Å². The van der Waals surface area contributed by atoms with Crippen molar-refractivity contribution < 1.29 is 17.9 Å². The Morgan fingerprint density at radius 1 is 1.21 bits per heavy atom. The number of aryl methyl sites for hydroxylation is 1. The van der Waals surface area contributed by atoms with Gasteiger partial charge in [0.25, 0.3) is 0 Å². The van der Waals surface area contributed by atoms with Gasteiger partial charge in [-0.05, 0) is 51.0 Å². The van der Waals surface area contributed by atoms with Crippen molar-refractivity contribution in [1.82, 2.24) is 13.9 Å². The molecule has 1 heterocycles. The number of hydrogen-bond acceptors (Lipinski definition) is 6. The predicted octanol–water partition coefficient (Wildman–Crippen LogP) is 3.83. The minimum Gasteiger partial charge on any atom is -0.383 e. The molecule has 3 rings (SSSR count). The third kappa shape index (κ3) is 6.38. The van der Waals surface area contributed by atoms with Gasteiger partial charge in [0, 0.05) is 38.1 Å². The molecule has 0 atom stereocenters. The molecular weight excluding hydrogens is 460 g/mol. The molecule has 1 aliphatic carbocycles. The summed E-state index contributed by atoms with van der Waals surface area (Å²) in [5.74, 6) is 0.0272. The number of sulfonamides is 1. The van der Waals surface area contributed by atoms with E-state index in [1.807, 2.05) is 13.8 Å². The van der Waals surface area contributed by atoms with Crippen molar-refractivity contribution in [2.24, 2.45) is 0 Å². The molecule has 0 spiro atoms. The number of aromatic nitrogens is 2. The number of rotatable bonds is 10. The number of anilines is 1. The van der Waals surface area contributed by atoms with Gasteiger partial charge in [0.2, 0.25) is 15.9 Å². The molecule has 1 N–H and O–H groups in total. The van der Waals surface area contributed by atoms with E-state index in [0.717, 1.165) is 42.2 Å². The zero-order chi connectivity index (χ0) is 24.0. The molecule has 1 aromatic carbocycles. The van der Waals surface area contributed by atoms with Gasteiger partial charge in [-0.15, -0.1) is 0 Å². The summed E-state index contributed by atoms with van der Waals surface area (Å²) in [7, 11) is -0.228. The standard InChI is InChI=1S/C23H34N4O4S2/c1-17-18(2)27(14-15-31-4)23(24-17)32-16-22(28)25-19-10-12-21(13-11-19)33(29,30)26(3)20-8-6-5-7-9-20/h10-13,20H,5-9,14-16H2,1-4H3,(H,25,28). The molecule has 1 saturated carbocycles. The van der Waals surface area contributed by atoms with Crippen LogP contribution in [0.4, 0.5) is 5.69 Å². The molecule has 182 valence electrons. The van der Waals surface area contributed by atoms with Gasteiger partial charge >= 0.3 is 0 Å². The molecule has 0 unspecified atom stereocenters. The molecule has 1 fully saturated rings. The van der Waals surface area contributed by atoms with Crippen LogP contribution in [0.5, 0.6) is 0 Å². The SMILES string of the molecule is COCCn1c(SCC(=O)Nc2ccc(S(=O)(=O)N(C)C3CCCCC3)cc2)nc(C)c1C. The molecular formula is C23H34N4O4S2. The van der Waals surface area contributed by atoms with Gasteiger partial charge in [0.05, 0.1) is 22.9 Å². The first-order chi connectivity index (χ1) is 15.7. The van der Waals surface area contributed by atoms with Crippen LogP contribution >= 0.6 is 11.8 Å². The Hall–Kier alpha value is -1.88. The maximum Gasteiger partial charge on any atom is 0.243 e. The third-order valence-corrected chi connectivity index (χ3v) is 9.08. The zero-order valence-corrected chi connectivity index (χ0v) is 21.5. The second-order valence-corrected chi connectivity index (χ2v) is 11.3. The van der Waals surface area contributed by atoms with Gasteiger partial charge in [-0.2, -0.15) is 4.31 Å². The van der Waals surface area contributed by atoms with Gasteiger partial charge in [-0.25, -0.2) is 13.4 Å². The highest BCUT2D eigenvalue weighted by molar-refractivity contribution is 7.99. The largest absolute Gasteiger partial charge is 0.383 e. The molecule has 0 radical (unpaired) electrons. The van der Waals surface area contributed by atoms with E-state index in [4.69, 9.17) is 4.74 Å². The summed E-state index contributed by atoms with van der Waals surface area (Å²) in [4.78, 5) is 17.3. The monoisotopic (exact) mass is 494 g/mol. The minimum atomic E-state index is -3.55. The maximum atomic E-state index is 13.0. The van der Waals surface area contributed by atoms with Crippen molar-refractivity contribution in [1.29, 1.82) is 0 Å². The molecule has 0 saturated heterocycles. The Balaban J connectivity index is 1.59. The first-order valence-corrected chi connectivity index (χ1v) is 13.7. The first-order valence-electron chi connectivity index (χ1n) is 11.3. The number of thioether (sulfide) groups is 1. The molecule has 33 heavy (non-hydrogen) atoms. The molecule has 1 aliphatic rings. The fourth-order valence-corrected chi connectivity index (χ4v) is 6.36. The Bertz CT molecular complexity index is 1050. The lowest BCUT2D eigenvalue weighted by molar-refractivity contribution is -0.113.